The van der Waals surface area contributed by atoms with Crippen molar-refractivity contribution >= 4 is 30.3 Å². The summed E-state index contributed by atoms with van der Waals surface area (Å²) in [6, 6.07) is 2.22. The first-order valence-corrected chi connectivity index (χ1v) is 6.92. The van der Waals surface area contributed by atoms with Gasteiger partial charge < -0.3 is 5.32 Å². The molecule has 0 saturated carbocycles. The van der Waals surface area contributed by atoms with Gasteiger partial charge in [0.05, 0.1) is 0 Å². The van der Waals surface area contributed by atoms with E-state index in [9.17, 15) is 0 Å². The summed E-state index contributed by atoms with van der Waals surface area (Å²) < 4.78 is 2.22. The number of halogens is 1. The van der Waals surface area contributed by atoms with Gasteiger partial charge in [-0.05, 0) is 24.6 Å². The second kappa shape index (κ2) is 3.37. The highest BCUT2D eigenvalue weighted by Gasteiger charge is 2.12. The largest absolute Gasteiger partial charge is 0.311 e. The Morgan fingerprint density at radius 1 is 1.64 bits per heavy atom. The smallest absolute Gasteiger partial charge is 0.0470 e. The highest BCUT2D eigenvalue weighted by atomic mass is 127. The molecule has 0 radical (unpaired) electrons. The van der Waals surface area contributed by atoms with Gasteiger partial charge >= 0.3 is 0 Å². The molecule has 0 spiro atoms. The summed E-state index contributed by atoms with van der Waals surface area (Å²) in [5.41, 5.74) is 2.95. The zero-order valence-corrected chi connectivity index (χ0v) is 8.98. The molecule has 2 nitrogen and oxygen atoms in total. The van der Waals surface area contributed by atoms with E-state index in [1.807, 2.05) is 0 Å². The van der Waals surface area contributed by atoms with E-state index in [-0.39, 0.29) is 0 Å². The van der Waals surface area contributed by atoms with Gasteiger partial charge in [0.1, 0.15) is 0 Å². The number of rotatable bonds is 1. The minimum Gasteiger partial charge on any atom is -0.311 e. The highest BCUT2D eigenvalue weighted by Crippen LogP contribution is 2.23. The maximum absolute atomic E-state index is 3.36. The molecule has 1 aliphatic heterocycles. The van der Waals surface area contributed by atoms with Crippen molar-refractivity contribution in [2.45, 2.75) is 13.0 Å². The molecule has 0 unspecified atom stereocenters. The summed E-state index contributed by atoms with van der Waals surface area (Å²) >= 11 is 2.31. The predicted octanol–water partition coefficient (Wildman–Crippen LogP) is 1.98. The Morgan fingerprint density at radius 2 is 2.55 bits per heavy atom. The summed E-state index contributed by atoms with van der Waals surface area (Å²) in [5.74, 6) is 0. The van der Waals surface area contributed by atoms with E-state index in [1.165, 1.54) is 17.7 Å². The minimum atomic E-state index is 1.03. The SMILES string of the molecule is ISn1ccc2c1CNCC2. The van der Waals surface area contributed by atoms with Crippen molar-refractivity contribution in [2.75, 3.05) is 6.54 Å². The Bertz CT molecular complexity index is 245. The van der Waals surface area contributed by atoms with E-state index in [1.54, 1.807) is 9.12 Å². The third-order valence-corrected chi connectivity index (χ3v) is 3.75. The fourth-order valence-electron chi connectivity index (χ4n) is 1.40. The lowest BCUT2D eigenvalue weighted by molar-refractivity contribution is 0.631. The molecule has 4 heteroatoms. The minimum absolute atomic E-state index is 1.03. The normalized spacial score (nSPS) is 16.5. The lowest BCUT2D eigenvalue weighted by Gasteiger charge is -2.14. The molecule has 0 aromatic carbocycles. The molecule has 11 heavy (non-hydrogen) atoms. The third kappa shape index (κ3) is 1.43. The number of fused-ring (bicyclic) bond motifs is 1. The van der Waals surface area contributed by atoms with Gasteiger partial charge in [-0.3, -0.25) is 3.97 Å². The van der Waals surface area contributed by atoms with E-state index in [0.29, 0.717) is 0 Å². The van der Waals surface area contributed by atoms with Crippen LogP contribution in [0, 0.1) is 0 Å². The van der Waals surface area contributed by atoms with Crippen LogP contribution >= 0.6 is 30.3 Å². The second-order valence-corrected chi connectivity index (χ2v) is 4.32. The molecule has 0 bridgehead atoms. The van der Waals surface area contributed by atoms with E-state index in [2.05, 4.69) is 42.8 Å². The Hall–Kier alpha value is 0.320. The standard InChI is InChI=1S/C7H9IN2S/c8-11-10-4-2-6-1-3-9-5-7(6)10/h2,4,9H,1,3,5H2. The first-order valence-electron chi connectivity index (χ1n) is 3.60. The van der Waals surface area contributed by atoms with Crippen molar-refractivity contribution < 1.29 is 0 Å². The Morgan fingerprint density at radius 3 is 3.36 bits per heavy atom. The van der Waals surface area contributed by atoms with Crippen LogP contribution in [-0.2, 0) is 13.0 Å². The zero-order valence-electron chi connectivity index (χ0n) is 6.01. The zero-order chi connectivity index (χ0) is 7.68. The monoisotopic (exact) mass is 280 g/mol. The average Bonchev–Trinajstić information content (AvgIpc) is 2.47. The van der Waals surface area contributed by atoms with Crippen molar-refractivity contribution in [3.05, 3.63) is 23.5 Å². The molecule has 0 fully saturated rings. The molecule has 1 aromatic heterocycles. The predicted molar refractivity (Wildman–Crippen MR) is 56.9 cm³/mol. The van der Waals surface area contributed by atoms with Crippen LogP contribution in [0.4, 0.5) is 0 Å². The number of aromatic nitrogens is 1. The lowest BCUT2D eigenvalue weighted by Crippen LogP contribution is -2.23. The maximum Gasteiger partial charge on any atom is 0.0470 e. The lowest BCUT2D eigenvalue weighted by atomic mass is 10.1. The highest BCUT2D eigenvalue weighted by molar-refractivity contribution is 14.2. The number of hydrogen-bond acceptors (Lipinski definition) is 2. The van der Waals surface area contributed by atoms with Crippen LogP contribution in [0.2, 0.25) is 0 Å². The van der Waals surface area contributed by atoms with Gasteiger partial charge in [0.15, 0.2) is 0 Å². The fraction of sp³-hybridized carbons (Fsp3) is 0.429. The van der Waals surface area contributed by atoms with Gasteiger partial charge in [-0.15, -0.1) is 0 Å². The maximum atomic E-state index is 3.36. The van der Waals surface area contributed by atoms with Gasteiger partial charge in [-0.1, -0.05) is 0 Å². The molecule has 0 aliphatic carbocycles. The number of nitrogens with one attached hydrogen (secondary N) is 1. The van der Waals surface area contributed by atoms with Crippen LogP contribution in [0.15, 0.2) is 12.3 Å². The summed E-state index contributed by atoms with van der Waals surface area (Å²) in [4.78, 5) is 0. The average molecular weight is 280 g/mol. The van der Waals surface area contributed by atoms with Crippen molar-refractivity contribution in [1.29, 1.82) is 0 Å². The van der Waals surface area contributed by atoms with Gasteiger partial charge in [0.25, 0.3) is 0 Å². The van der Waals surface area contributed by atoms with Gasteiger partial charge in [-0.2, -0.15) is 0 Å². The Kier molecular flexibility index (Phi) is 2.43. The third-order valence-electron chi connectivity index (χ3n) is 1.99. The van der Waals surface area contributed by atoms with Crippen LogP contribution in [0.1, 0.15) is 11.3 Å². The summed E-state index contributed by atoms with van der Waals surface area (Å²) in [5, 5.41) is 3.36. The first kappa shape index (κ1) is 7.94. The Labute approximate surface area is 82.5 Å². The van der Waals surface area contributed by atoms with Crippen LogP contribution in [-0.4, -0.2) is 10.5 Å². The molecule has 2 heterocycles. The molecule has 1 N–H and O–H groups in total. The van der Waals surface area contributed by atoms with Crippen LogP contribution in [0.25, 0.3) is 0 Å². The number of hydrogen-bond donors (Lipinski definition) is 1. The van der Waals surface area contributed by atoms with Crippen LogP contribution < -0.4 is 5.32 Å². The van der Waals surface area contributed by atoms with E-state index in [0.717, 1.165) is 13.1 Å². The van der Waals surface area contributed by atoms with E-state index >= 15 is 0 Å². The second-order valence-electron chi connectivity index (χ2n) is 2.61. The summed E-state index contributed by atoms with van der Waals surface area (Å²) in [6.07, 6.45) is 3.33. The Balaban J connectivity index is 2.38. The summed E-state index contributed by atoms with van der Waals surface area (Å²) in [7, 11) is 1.74. The fourth-order valence-corrected chi connectivity index (χ4v) is 2.88. The first-order chi connectivity index (χ1) is 5.42. The molecule has 1 aromatic rings. The van der Waals surface area contributed by atoms with E-state index < -0.39 is 0 Å². The van der Waals surface area contributed by atoms with Crippen molar-refractivity contribution in [1.82, 2.24) is 9.29 Å². The number of nitrogens with zero attached hydrogens (tertiary/aromatic N) is 1. The molecule has 0 atom stereocenters. The van der Waals surface area contributed by atoms with Crippen molar-refractivity contribution in [2.24, 2.45) is 0 Å². The van der Waals surface area contributed by atoms with Crippen LogP contribution in [0.3, 0.4) is 0 Å². The van der Waals surface area contributed by atoms with E-state index in [4.69, 9.17) is 0 Å². The molecule has 60 valence electrons. The van der Waals surface area contributed by atoms with Crippen molar-refractivity contribution in [3.8, 4) is 0 Å². The molecular formula is C7H9IN2S. The van der Waals surface area contributed by atoms with Gasteiger partial charge in [0.2, 0.25) is 0 Å². The van der Waals surface area contributed by atoms with Crippen molar-refractivity contribution in [3.63, 3.8) is 0 Å². The topological polar surface area (TPSA) is 17.0 Å². The van der Waals surface area contributed by atoms with Crippen LogP contribution in [0.5, 0.6) is 0 Å². The molecule has 1 aliphatic rings. The molecule has 2 rings (SSSR count). The molecule has 0 saturated heterocycles. The molecular weight excluding hydrogens is 271 g/mol. The van der Waals surface area contributed by atoms with Gasteiger partial charge in [-0.25, -0.2) is 0 Å². The quantitative estimate of drug-likeness (QED) is 0.792. The summed E-state index contributed by atoms with van der Waals surface area (Å²) in [6.45, 7) is 2.15. The van der Waals surface area contributed by atoms with Gasteiger partial charge in [0, 0.05) is 48.8 Å². The molecule has 0 amide bonds.